The molecule has 1 aromatic carbocycles. The molecule has 0 radical (unpaired) electrons. The minimum absolute atomic E-state index is 0.00963. The summed E-state index contributed by atoms with van der Waals surface area (Å²) >= 11 is 3.57. The zero-order valence-electron chi connectivity index (χ0n) is 14.5. The maximum Gasteiger partial charge on any atom is 0.238 e. The van der Waals surface area contributed by atoms with Crippen molar-refractivity contribution in [2.75, 3.05) is 25.5 Å². The molecule has 0 fully saturated rings. The van der Waals surface area contributed by atoms with E-state index in [1.165, 1.54) is 15.3 Å². The predicted octanol–water partition coefficient (Wildman–Crippen LogP) is 4.40. The molecule has 1 atom stereocenters. The number of thiophene rings is 2. The van der Waals surface area contributed by atoms with E-state index in [2.05, 4.69) is 39.2 Å². The summed E-state index contributed by atoms with van der Waals surface area (Å²) in [6, 6.07) is 14.0. The van der Waals surface area contributed by atoms with E-state index in [9.17, 15) is 4.79 Å². The van der Waals surface area contributed by atoms with Crippen molar-refractivity contribution in [2.24, 2.45) is 0 Å². The van der Waals surface area contributed by atoms with Crippen molar-refractivity contribution >= 4 is 34.3 Å². The third-order valence-corrected chi connectivity index (χ3v) is 6.52. The van der Waals surface area contributed by atoms with Crippen molar-refractivity contribution in [3.8, 4) is 5.75 Å². The van der Waals surface area contributed by atoms with Gasteiger partial charge in [-0.1, -0.05) is 6.07 Å². The summed E-state index contributed by atoms with van der Waals surface area (Å²) in [4.78, 5) is 17.6. The van der Waals surface area contributed by atoms with Crippen LogP contribution in [0.15, 0.2) is 53.2 Å². The lowest BCUT2D eigenvalue weighted by Crippen LogP contribution is -2.40. The first kappa shape index (κ1) is 17.3. The first-order valence-corrected chi connectivity index (χ1v) is 10.3. The van der Waals surface area contributed by atoms with Gasteiger partial charge in [-0.05, 0) is 59.1 Å². The molecule has 4 rings (SSSR count). The van der Waals surface area contributed by atoms with Crippen molar-refractivity contribution in [3.63, 3.8) is 0 Å². The molecule has 26 heavy (non-hydrogen) atoms. The molecule has 1 unspecified atom stereocenters. The Morgan fingerprint density at radius 1 is 1.19 bits per heavy atom. The lowest BCUT2D eigenvalue weighted by Gasteiger charge is -2.34. The van der Waals surface area contributed by atoms with Gasteiger partial charge < -0.3 is 10.1 Å². The lowest BCUT2D eigenvalue weighted by atomic mass is 9.98. The third-order valence-electron chi connectivity index (χ3n) is 4.60. The number of hydrogen-bond donors (Lipinski definition) is 1. The number of carbonyl (C=O) groups excluding carboxylic acids is 1. The zero-order valence-corrected chi connectivity index (χ0v) is 16.1. The maximum absolute atomic E-state index is 12.6. The van der Waals surface area contributed by atoms with Gasteiger partial charge in [0.25, 0.3) is 0 Å². The molecule has 0 spiro atoms. The van der Waals surface area contributed by atoms with Gasteiger partial charge >= 0.3 is 0 Å². The smallest absolute Gasteiger partial charge is 0.238 e. The van der Waals surface area contributed by atoms with E-state index in [4.69, 9.17) is 4.74 Å². The summed E-state index contributed by atoms with van der Waals surface area (Å²) in [5.74, 6) is 0.789. The standard InChI is InChI=1S/C20H20N2O2S2/c1-24-15-6-4-14(5-7-15)21-19(23)13-22-10-8-17-16(9-12-26-17)20(22)18-3-2-11-25-18/h2-7,9,11-12,20H,8,10,13H2,1H3,(H,21,23). The molecule has 1 N–H and O–H groups in total. The van der Waals surface area contributed by atoms with Gasteiger partial charge in [0.1, 0.15) is 5.75 Å². The molecule has 1 amide bonds. The van der Waals surface area contributed by atoms with Gasteiger partial charge in [0, 0.05) is 22.0 Å². The summed E-state index contributed by atoms with van der Waals surface area (Å²) in [6.45, 7) is 1.27. The van der Waals surface area contributed by atoms with Crippen LogP contribution in [-0.2, 0) is 11.2 Å². The average molecular weight is 385 g/mol. The molecule has 3 aromatic rings. The number of nitrogens with one attached hydrogen (secondary N) is 1. The minimum atomic E-state index is 0.00963. The number of methoxy groups -OCH3 is 1. The molecular weight excluding hydrogens is 364 g/mol. The number of rotatable bonds is 5. The first-order valence-electron chi connectivity index (χ1n) is 8.52. The molecule has 0 saturated heterocycles. The van der Waals surface area contributed by atoms with Crippen LogP contribution in [0, 0.1) is 0 Å². The van der Waals surface area contributed by atoms with Crippen LogP contribution in [-0.4, -0.2) is 31.0 Å². The summed E-state index contributed by atoms with van der Waals surface area (Å²) in [7, 11) is 1.63. The molecule has 3 heterocycles. The Balaban J connectivity index is 1.50. The Kier molecular flexibility index (Phi) is 5.06. The van der Waals surface area contributed by atoms with Crippen molar-refractivity contribution in [1.29, 1.82) is 0 Å². The van der Waals surface area contributed by atoms with Gasteiger partial charge in [0.2, 0.25) is 5.91 Å². The van der Waals surface area contributed by atoms with Crippen LogP contribution in [0.3, 0.4) is 0 Å². The van der Waals surface area contributed by atoms with E-state index in [0.29, 0.717) is 6.54 Å². The Hall–Kier alpha value is -2.15. The Labute approximate surface area is 161 Å². The van der Waals surface area contributed by atoms with Crippen LogP contribution in [0.5, 0.6) is 5.75 Å². The number of ether oxygens (including phenoxy) is 1. The largest absolute Gasteiger partial charge is 0.497 e. The van der Waals surface area contributed by atoms with Gasteiger partial charge in [0.15, 0.2) is 0 Å². The maximum atomic E-state index is 12.6. The molecule has 134 valence electrons. The Bertz CT molecular complexity index is 872. The second-order valence-electron chi connectivity index (χ2n) is 6.21. The molecular formula is C20H20N2O2S2. The van der Waals surface area contributed by atoms with Crippen LogP contribution in [0.1, 0.15) is 21.4 Å². The number of amides is 1. The van der Waals surface area contributed by atoms with Gasteiger partial charge in [-0.15, -0.1) is 22.7 Å². The fourth-order valence-electron chi connectivity index (χ4n) is 3.38. The normalized spacial score (nSPS) is 16.9. The first-order chi connectivity index (χ1) is 12.7. The number of carbonyl (C=O) groups is 1. The van der Waals surface area contributed by atoms with Crippen molar-refractivity contribution in [3.05, 3.63) is 68.5 Å². The van der Waals surface area contributed by atoms with Crippen LogP contribution in [0.25, 0.3) is 0 Å². The fraction of sp³-hybridized carbons (Fsp3) is 0.250. The molecule has 2 aromatic heterocycles. The number of fused-ring (bicyclic) bond motifs is 1. The van der Waals surface area contributed by atoms with E-state index >= 15 is 0 Å². The van der Waals surface area contributed by atoms with Crippen LogP contribution in [0.2, 0.25) is 0 Å². The predicted molar refractivity (Wildman–Crippen MR) is 107 cm³/mol. The lowest BCUT2D eigenvalue weighted by molar-refractivity contribution is -0.117. The fourth-order valence-corrected chi connectivity index (χ4v) is 5.16. The highest BCUT2D eigenvalue weighted by Gasteiger charge is 2.31. The number of nitrogens with zero attached hydrogens (tertiary/aromatic N) is 1. The monoisotopic (exact) mass is 384 g/mol. The van der Waals surface area contributed by atoms with Gasteiger partial charge in [0.05, 0.1) is 19.7 Å². The Morgan fingerprint density at radius 3 is 2.77 bits per heavy atom. The quantitative estimate of drug-likeness (QED) is 0.709. The highest BCUT2D eigenvalue weighted by molar-refractivity contribution is 7.10. The van der Waals surface area contributed by atoms with E-state index in [1.807, 2.05) is 35.6 Å². The molecule has 1 aliphatic rings. The number of hydrogen-bond acceptors (Lipinski definition) is 5. The van der Waals surface area contributed by atoms with Crippen LogP contribution in [0.4, 0.5) is 5.69 Å². The van der Waals surface area contributed by atoms with E-state index in [0.717, 1.165) is 24.4 Å². The highest BCUT2D eigenvalue weighted by Crippen LogP contribution is 2.39. The van der Waals surface area contributed by atoms with Crippen LogP contribution < -0.4 is 10.1 Å². The van der Waals surface area contributed by atoms with E-state index in [1.54, 1.807) is 18.4 Å². The summed E-state index contributed by atoms with van der Waals surface area (Å²) in [5, 5.41) is 7.26. The van der Waals surface area contributed by atoms with Crippen molar-refractivity contribution < 1.29 is 9.53 Å². The van der Waals surface area contributed by atoms with Gasteiger partial charge in [-0.25, -0.2) is 0 Å². The number of anilines is 1. The van der Waals surface area contributed by atoms with Gasteiger partial charge in [-0.3, -0.25) is 9.69 Å². The van der Waals surface area contributed by atoms with E-state index in [-0.39, 0.29) is 11.9 Å². The molecule has 4 nitrogen and oxygen atoms in total. The molecule has 0 bridgehead atoms. The summed E-state index contributed by atoms with van der Waals surface area (Å²) in [6.07, 6.45) is 1.00. The number of benzene rings is 1. The molecule has 0 aliphatic carbocycles. The molecule has 0 saturated carbocycles. The minimum Gasteiger partial charge on any atom is -0.497 e. The zero-order chi connectivity index (χ0) is 17.9. The van der Waals surface area contributed by atoms with Crippen molar-refractivity contribution in [2.45, 2.75) is 12.5 Å². The van der Waals surface area contributed by atoms with Gasteiger partial charge in [-0.2, -0.15) is 0 Å². The highest BCUT2D eigenvalue weighted by atomic mass is 32.1. The van der Waals surface area contributed by atoms with Crippen LogP contribution >= 0.6 is 22.7 Å². The second kappa shape index (κ2) is 7.61. The summed E-state index contributed by atoms with van der Waals surface area (Å²) < 4.78 is 5.16. The van der Waals surface area contributed by atoms with Crippen molar-refractivity contribution in [1.82, 2.24) is 4.90 Å². The summed E-state index contributed by atoms with van der Waals surface area (Å²) in [5.41, 5.74) is 2.14. The third kappa shape index (κ3) is 3.53. The average Bonchev–Trinajstić information content (AvgIpc) is 3.34. The second-order valence-corrected chi connectivity index (χ2v) is 8.19. The Morgan fingerprint density at radius 2 is 2.04 bits per heavy atom. The molecule has 1 aliphatic heterocycles. The topological polar surface area (TPSA) is 41.6 Å². The van der Waals surface area contributed by atoms with E-state index < -0.39 is 0 Å². The molecule has 6 heteroatoms. The SMILES string of the molecule is COc1ccc(NC(=O)CN2CCc3sccc3C2c2cccs2)cc1.